The second-order valence-corrected chi connectivity index (χ2v) is 4.32. The first-order valence-corrected chi connectivity index (χ1v) is 6.01. The third kappa shape index (κ3) is 2.56. The van der Waals surface area contributed by atoms with Gasteiger partial charge in [-0.05, 0) is 24.1 Å². The molecule has 0 bridgehead atoms. The summed E-state index contributed by atoms with van der Waals surface area (Å²) in [4.78, 5) is 10.8. The molecule has 2 rings (SSSR count). The Morgan fingerprint density at radius 1 is 1.47 bits per heavy atom. The molecular weight excluding hydrogens is 270 g/mol. The Bertz CT molecular complexity index is 621. The number of ether oxygens (including phenoxy) is 1. The van der Waals surface area contributed by atoms with Crippen LogP contribution >= 0.6 is 11.6 Å². The molecular formula is C13H12ClNO4. The molecule has 5 nitrogen and oxygen atoms in total. The molecule has 0 fully saturated rings. The van der Waals surface area contributed by atoms with Crippen molar-refractivity contribution >= 4 is 17.6 Å². The Hall–Kier alpha value is -2.01. The number of aromatic carboxylic acids is 1. The monoisotopic (exact) mass is 281 g/mol. The molecule has 0 saturated carbocycles. The molecule has 19 heavy (non-hydrogen) atoms. The Kier molecular flexibility index (Phi) is 3.76. The van der Waals surface area contributed by atoms with Gasteiger partial charge in [0.25, 0.3) is 0 Å². The molecule has 0 unspecified atom stereocenters. The van der Waals surface area contributed by atoms with E-state index in [1.54, 1.807) is 19.2 Å². The second kappa shape index (κ2) is 5.32. The van der Waals surface area contributed by atoms with Crippen LogP contribution in [0.1, 0.15) is 23.0 Å². The van der Waals surface area contributed by atoms with E-state index in [0.717, 1.165) is 12.0 Å². The lowest BCUT2D eigenvalue weighted by Gasteiger charge is -2.11. The number of halogens is 1. The summed E-state index contributed by atoms with van der Waals surface area (Å²) in [6, 6.07) is 4.81. The first-order valence-electron chi connectivity index (χ1n) is 5.63. The molecule has 0 aliphatic carbocycles. The molecule has 0 atom stereocenters. The van der Waals surface area contributed by atoms with Crippen molar-refractivity contribution < 1.29 is 19.2 Å². The molecule has 1 aromatic carbocycles. The van der Waals surface area contributed by atoms with Crippen LogP contribution in [0.3, 0.4) is 0 Å². The van der Waals surface area contributed by atoms with Gasteiger partial charge in [0.05, 0.1) is 12.7 Å². The van der Waals surface area contributed by atoms with Crippen LogP contribution in [0.25, 0.3) is 11.3 Å². The maximum atomic E-state index is 10.8. The summed E-state index contributed by atoms with van der Waals surface area (Å²) >= 11 is 6.04. The number of hydrogen-bond acceptors (Lipinski definition) is 4. The maximum absolute atomic E-state index is 10.8. The van der Waals surface area contributed by atoms with Gasteiger partial charge in [-0.2, -0.15) is 0 Å². The third-order valence-electron chi connectivity index (χ3n) is 2.71. The molecule has 6 heteroatoms. The highest BCUT2D eigenvalue weighted by Gasteiger charge is 2.18. The average Bonchev–Trinajstić information content (AvgIpc) is 2.87. The maximum Gasteiger partial charge on any atom is 0.358 e. The molecule has 0 radical (unpaired) electrons. The molecule has 0 aliphatic rings. The van der Waals surface area contributed by atoms with Crippen molar-refractivity contribution in [1.29, 1.82) is 0 Å². The zero-order chi connectivity index (χ0) is 14.0. The van der Waals surface area contributed by atoms with Crippen molar-refractivity contribution in [1.82, 2.24) is 5.16 Å². The Labute approximate surface area is 114 Å². The molecule has 0 saturated heterocycles. The van der Waals surface area contributed by atoms with Crippen molar-refractivity contribution in [3.63, 3.8) is 0 Å². The molecule has 1 aromatic heterocycles. The van der Waals surface area contributed by atoms with E-state index in [2.05, 4.69) is 5.16 Å². The van der Waals surface area contributed by atoms with Gasteiger partial charge in [-0.3, -0.25) is 0 Å². The molecule has 1 heterocycles. The van der Waals surface area contributed by atoms with Gasteiger partial charge in [0.15, 0.2) is 11.5 Å². The average molecular weight is 282 g/mol. The lowest BCUT2D eigenvalue weighted by Crippen LogP contribution is -1.95. The van der Waals surface area contributed by atoms with Crippen LogP contribution < -0.4 is 4.74 Å². The van der Waals surface area contributed by atoms with E-state index in [-0.39, 0.29) is 5.69 Å². The number of hydrogen-bond donors (Lipinski definition) is 1. The smallest absolute Gasteiger partial charge is 0.358 e. The molecule has 0 aliphatic heterocycles. The number of aromatic nitrogens is 1. The number of nitrogens with zero attached hydrogens (tertiary/aromatic N) is 1. The molecule has 0 amide bonds. The summed E-state index contributed by atoms with van der Waals surface area (Å²) in [7, 11) is 1.54. The van der Waals surface area contributed by atoms with Crippen LogP contribution in [0.2, 0.25) is 5.02 Å². The summed E-state index contributed by atoms with van der Waals surface area (Å²) in [6.45, 7) is 1.97. The van der Waals surface area contributed by atoms with E-state index in [4.69, 9.17) is 26.0 Å². The van der Waals surface area contributed by atoms with Gasteiger partial charge in [0, 0.05) is 11.1 Å². The minimum Gasteiger partial charge on any atom is -0.496 e. The van der Waals surface area contributed by atoms with Crippen LogP contribution in [0.15, 0.2) is 22.7 Å². The summed E-state index contributed by atoms with van der Waals surface area (Å²) in [5, 5.41) is 12.9. The fraction of sp³-hybridized carbons (Fsp3) is 0.231. The molecule has 1 N–H and O–H groups in total. The van der Waals surface area contributed by atoms with Gasteiger partial charge in [-0.1, -0.05) is 23.7 Å². The largest absolute Gasteiger partial charge is 0.496 e. The number of aryl methyl sites for hydroxylation is 1. The summed E-state index contributed by atoms with van der Waals surface area (Å²) in [5.74, 6) is -0.224. The summed E-state index contributed by atoms with van der Waals surface area (Å²) in [6.07, 6.45) is 0.733. The van der Waals surface area contributed by atoms with Crippen LogP contribution in [0, 0.1) is 0 Å². The highest BCUT2D eigenvalue weighted by atomic mass is 35.5. The quantitative estimate of drug-likeness (QED) is 0.931. The van der Waals surface area contributed by atoms with Crippen LogP contribution in [0.5, 0.6) is 5.75 Å². The van der Waals surface area contributed by atoms with Crippen LogP contribution in [-0.2, 0) is 6.42 Å². The number of carboxylic acids is 1. The third-order valence-corrected chi connectivity index (χ3v) is 2.93. The van der Waals surface area contributed by atoms with E-state index in [1.165, 1.54) is 6.07 Å². The minimum absolute atomic E-state index is 0.157. The van der Waals surface area contributed by atoms with Gasteiger partial charge < -0.3 is 14.4 Å². The number of carbonyl (C=O) groups is 1. The highest BCUT2D eigenvalue weighted by molar-refractivity contribution is 6.31. The number of rotatable bonds is 4. The van der Waals surface area contributed by atoms with Crippen LogP contribution in [-0.4, -0.2) is 23.3 Å². The Morgan fingerprint density at radius 2 is 2.21 bits per heavy atom. The summed E-state index contributed by atoms with van der Waals surface area (Å²) in [5.41, 5.74) is 1.35. The first-order chi connectivity index (χ1) is 9.06. The standard InChI is InChI=1S/C13H12ClNO4/c1-3-7-4-8(14)5-9(12(7)18-2)11-6-10(13(16)17)15-19-11/h4-6H,3H2,1-2H3,(H,16,17). The second-order valence-electron chi connectivity index (χ2n) is 3.88. The van der Waals surface area contributed by atoms with Crippen molar-refractivity contribution in [2.75, 3.05) is 7.11 Å². The molecule has 100 valence electrons. The van der Waals surface area contributed by atoms with E-state index in [0.29, 0.717) is 22.1 Å². The fourth-order valence-corrected chi connectivity index (χ4v) is 2.08. The summed E-state index contributed by atoms with van der Waals surface area (Å²) < 4.78 is 10.4. The van der Waals surface area contributed by atoms with E-state index >= 15 is 0 Å². The van der Waals surface area contributed by atoms with E-state index < -0.39 is 5.97 Å². The van der Waals surface area contributed by atoms with Crippen LogP contribution in [0.4, 0.5) is 0 Å². The topological polar surface area (TPSA) is 72.6 Å². The lowest BCUT2D eigenvalue weighted by molar-refractivity contribution is 0.0686. The SMILES string of the molecule is CCc1cc(Cl)cc(-c2cc(C(=O)O)no2)c1OC. The van der Waals surface area contributed by atoms with Gasteiger partial charge >= 0.3 is 5.97 Å². The number of methoxy groups -OCH3 is 1. The van der Waals surface area contributed by atoms with Gasteiger partial charge in [0.2, 0.25) is 0 Å². The zero-order valence-corrected chi connectivity index (χ0v) is 11.2. The van der Waals surface area contributed by atoms with Gasteiger partial charge in [-0.25, -0.2) is 4.79 Å². The predicted molar refractivity (Wildman–Crippen MR) is 69.8 cm³/mol. The lowest BCUT2D eigenvalue weighted by atomic mass is 10.0. The van der Waals surface area contributed by atoms with E-state index in [1.807, 2.05) is 6.92 Å². The number of carboxylic acid groups (broad SMARTS) is 1. The van der Waals surface area contributed by atoms with Gasteiger partial charge in [0.1, 0.15) is 5.75 Å². The Morgan fingerprint density at radius 3 is 2.74 bits per heavy atom. The zero-order valence-electron chi connectivity index (χ0n) is 10.4. The number of benzene rings is 1. The van der Waals surface area contributed by atoms with Crippen molar-refractivity contribution in [3.8, 4) is 17.1 Å². The van der Waals surface area contributed by atoms with Gasteiger partial charge in [-0.15, -0.1) is 0 Å². The van der Waals surface area contributed by atoms with Crippen molar-refractivity contribution in [3.05, 3.63) is 34.5 Å². The first kappa shape index (κ1) is 13.4. The normalized spacial score (nSPS) is 10.5. The van der Waals surface area contributed by atoms with E-state index in [9.17, 15) is 4.79 Å². The fourth-order valence-electron chi connectivity index (χ4n) is 1.84. The Balaban J connectivity index is 2.59. The highest BCUT2D eigenvalue weighted by Crippen LogP contribution is 2.36. The minimum atomic E-state index is -1.15. The van der Waals surface area contributed by atoms with Crippen molar-refractivity contribution in [2.24, 2.45) is 0 Å². The molecule has 0 spiro atoms. The predicted octanol–water partition coefficient (Wildman–Crippen LogP) is 3.26. The molecule has 2 aromatic rings. The van der Waals surface area contributed by atoms with Crippen molar-refractivity contribution in [2.45, 2.75) is 13.3 Å².